The number of likely N-dealkylation sites (N-methyl/N-ethyl adjacent to an activating group) is 1. The molecule has 1 N–H and O–H groups in total. The fraction of sp³-hybridized carbons (Fsp3) is 1.00. The molecule has 2 fully saturated rings. The molecule has 1 saturated carbocycles. The molecule has 0 bridgehead atoms. The van der Waals surface area contributed by atoms with Crippen LogP contribution in [-0.2, 0) is 0 Å². The fourth-order valence-corrected chi connectivity index (χ4v) is 3.70. The van der Waals surface area contributed by atoms with Crippen LogP contribution in [0.3, 0.4) is 0 Å². The van der Waals surface area contributed by atoms with E-state index >= 15 is 0 Å². The van der Waals surface area contributed by atoms with Gasteiger partial charge >= 0.3 is 0 Å². The predicted molar refractivity (Wildman–Crippen MR) is 87.0 cm³/mol. The fourth-order valence-electron chi connectivity index (χ4n) is 3.70. The van der Waals surface area contributed by atoms with Crippen LogP contribution in [0.1, 0.15) is 53.9 Å². The van der Waals surface area contributed by atoms with Gasteiger partial charge in [0.05, 0.1) is 6.10 Å². The van der Waals surface area contributed by atoms with E-state index < -0.39 is 0 Å². The van der Waals surface area contributed by atoms with Crippen LogP contribution in [0, 0.1) is 11.8 Å². The third-order valence-electron chi connectivity index (χ3n) is 5.07. The number of rotatable bonds is 3. The first-order valence-electron chi connectivity index (χ1n) is 8.76. The first kappa shape index (κ1) is 17.9. The van der Waals surface area contributed by atoms with Gasteiger partial charge in [-0.25, -0.2) is 0 Å². The smallest absolute Gasteiger partial charge is 0.0585 e. The van der Waals surface area contributed by atoms with Gasteiger partial charge in [-0.3, -0.25) is 4.90 Å². The maximum Gasteiger partial charge on any atom is 0.0585 e. The molecule has 0 radical (unpaired) electrons. The Bertz CT molecular complexity index is 249. The lowest BCUT2D eigenvalue weighted by molar-refractivity contribution is -0.00999. The topological polar surface area (TPSA) is 26.7 Å². The maximum absolute atomic E-state index is 10.3. The normalized spacial score (nSPS) is 32.9. The summed E-state index contributed by atoms with van der Waals surface area (Å²) in [4.78, 5) is 5.14. The van der Waals surface area contributed by atoms with E-state index in [1.54, 1.807) is 0 Å². The summed E-state index contributed by atoms with van der Waals surface area (Å²) in [6, 6.07) is 0.633. The molecule has 3 heteroatoms. The minimum Gasteiger partial charge on any atom is -0.393 e. The molecule has 1 saturated heterocycles. The molecule has 3 unspecified atom stereocenters. The van der Waals surface area contributed by atoms with Gasteiger partial charge in [0.25, 0.3) is 0 Å². The van der Waals surface area contributed by atoms with E-state index in [1.807, 2.05) is 13.8 Å². The number of aliphatic hydroxyl groups excluding tert-OH is 1. The van der Waals surface area contributed by atoms with Crippen molar-refractivity contribution in [3.8, 4) is 0 Å². The molecule has 0 aromatic rings. The Morgan fingerprint density at radius 3 is 2.10 bits per heavy atom. The van der Waals surface area contributed by atoms with Crippen molar-refractivity contribution in [1.82, 2.24) is 9.80 Å². The molecular formula is C17H36N2O. The van der Waals surface area contributed by atoms with Crippen LogP contribution in [0.2, 0.25) is 0 Å². The molecule has 0 amide bonds. The van der Waals surface area contributed by atoms with E-state index in [1.165, 1.54) is 45.6 Å². The van der Waals surface area contributed by atoms with Gasteiger partial charge in [0.1, 0.15) is 0 Å². The van der Waals surface area contributed by atoms with Crippen LogP contribution in [0.25, 0.3) is 0 Å². The lowest BCUT2D eigenvalue weighted by Gasteiger charge is -2.44. The van der Waals surface area contributed by atoms with Crippen LogP contribution in [0.4, 0.5) is 0 Å². The zero-order chi connectivity index (χ0) is 15.1. The van der Waals surface area contributed by atoms with Crippen molar-refractivity contribution in [2.45, 2.75) is 66.0 Å². The lowest BCUT2D eigenvalue weighted by atomic mass is 9.77. The summed E-state index contributed by atoms with van der Waals surface area (Å²) in [6.07, 6.45) is 3.41. The molecule has 0 spiro atoms. The highest BCUT2D eigenvalue weighted by Crippen LogP contribution is 2.32. The Morgan fingerprint density at radius 1 is 1.05 bits per heavy atom. The summed E-state index contributed by atoms with van der Waals surface area (Å²) in [6.45, 7) is 16.7. The average Bonchev–Trinajstić information content (AvgIpc) is 2.49. The van der Waals surface area contributed by atoms with Gasteiger partial charge < -0.3 is 10.0 Å². The Hall–Kier alpha value is -0.120. The zero-order valence-corrected chi connectivity index (χ0v) is 14.3. The van der Waals surface area contributed by atoms with Crippen molar-refractivity contribution in [2.24, 2.45) is 11.8 Å². The number of hydrogen-bond donors (Lipinski definition) is 1. The average molecular weight is 284 g/mol. The van der Waals surface area contributed by atoms with Crippen LogP contribution >= 0.6 is 0 Å². The Labute approximate surface area is 126 Å². The van der Waals surface area contributed by atoms with Crippen LogP contribution in [0.5, 0.6) is 0 Å². The van der Waals surface area contributed by atoms with E-state index in [0.717, 1.165) is 6.42 Å². The summed E-state index contributed by atoms with van der Waals surface area (Å²) in [5.74, 6) is 1.15. The summed E-state index contributed by atoms with van der Waals surface area (Å²) in [5.41, 5.74) is 0. The molecule has 2 rings (SSSR count). The molecular weight excluding hydrogens is 248 g/mol. The number of hydrogen-bond acceptors (Lipinski definition) is 3. The summed E-state index contributed by atoms with van der Waals surface area (Å²) >= 11 is 0. The van der Waals surface area contributed by atoms with E-state index in [2.05, 4.69) is 30.6 Å². The SMILES string of the molecule is CC.CCN1CCN(C2CCC(C(C)C)C(O)C2)CC1. The first-order valence-corrected chi connectivity index (χ1v) is 8.76. The van der Waals surface area contributed by atoms with Crippen molar-refractivity contribution >= 4 is 0 Å². The molecule has 1 aliphatic carbocycles. The summed E-state index contributed by atoms with van der Waals surface area (Å²) in [7, 11) is 0. The van der Waals surface area contributed by atoms with E-state index in [0.29, 0.717) is 17.9 Å². The first-order chi connectivity index (χ1) is 9.61. The highest BCUT2D eigenvalue weighted by Gasteiger charge is 2.34. The number of nitrogens with zero attached hydrogens (tertiary/aromatic N) is 2. The molecule has 3 atom stereocenters. The van der Waals surface area contributed by atoms with Gasteiger partial charge in [0.2, 0.25) is 0 Å². The Morgan fingerprint density at radius 2 is 1.65 bits per heavy atom. The van der Waals surface area contributed by atoms with Crippen molar-refractivity contribution in [1.29, 1.82) is 0 Å². The van der Waals surface area contributed by atoms with Gasteiger partial charge in [-0.2, -0.15) is 0 Å². The van der Waals surface area contributed by atoms with Gasteiger partial charge in [-0.05, 0) is 37.6 Å². The van der Waals surface area contributed by atoms with Gasteiger partial charge in [0.15, 0.2) is 0 Å². The Kier molecular flexibility index (Phi) is 8.08. The van der Waals surface area contributed by atoms with E-state index in [-0.39, 0.29) is 6.10 Å². The van der Waals surface area contributed by atoms with Crippen LogP contribution in [0.15, 0.2) is 0 Å². The van der Waals surface area contributed by atoms with Gasteiger partial charge in [-0.1, -0.05) is 34.6 Å². The largest absolute Gasteiger partial charge is 0.393 e. The minimum absolute atomic E-state index is 0.0760. The number of aliphatic hydroxyl groups is 1. The molecule has 1 heterocycles. The third kappa shape index (κ3) is 4.71. The third-order valence-corrected chi connectivity index (χ3v) is 5.07. The second kappa shape index (κ2) is 9.01. The van der Waals surface area contributed by atoms with Gasteiger partial charge in [0, 0.05) is 32.2 Å². The summed E-state index contributed by atoms with van der Waals surface area (Å²) in [5, 5.41) is 10.3. The minimum atomic E-state index is -0.0760. The lowest BCUT2D eigenvalue weighted by Crippen LogP contribution is -2.52. The summed E-state index contributed by atoms with van der Waals surface area (Å²) < 4.78 is 0. The monoisotopic (exact) mass is 284 g/mol. The standard InChI is InChI=1S/C15H30N2O.C2H6/c1-4-16-7-9-17(10-8-16)13-5-6-14(12(2)3)15(18)11-13;1-2/h12-15,18H,4-11H2,1-3H3;1-2H3. The molecule has 0 aromatic carbocycles. The molecule has 2 aliphatic rings. The van der Waals surface area contributed by atoms with E-state index in [4.69, 9.17) is 0 Å². The zero-order valence-electron chi connectivity index (χ0n) is 14.3. The second-order valence-electron chi connectivity index (χ2n) is 6.41. The van der Waals surface area contributed by atoms with Gasteiger partial charge in [-0.15, -0.1) is 0 Å². The van der Waals surface area contributed by atoms with Crippen LogP contribution in [-0.4, -0.2) is 59.8 Å². The predicted octanol–water partition coefficient (Wildman–Crippen LogP) is 2.84. The quantitative estimate of drug-likeness (QED) is 0.863. The van der Waals surface area contributed by atoms with Crippen molar-refractivity contribution in [3.63, 3.8) is 0 Å². The Balaban J connectivity index is 0.000000956. The second-order valence-corrected chi connectivity index (χ2v) is 6.41. The van der Waals surface area contributed by atoms with Crippen molar-refractivity contribution in [3.05, 3.63) is 0 Å². The van der Waals surface area contributed by atoms with Crippen molar-refractivity contribution < 1.29 is 5.11 Å². The molecule has 20 heavy (non-hydrogen) atoms. The van der Waals surface area contributed by atoms with E-state index in [9.17, 15) is 5.11 Å². The molecule has 120 valence electrons. The number of piperazine rings is 1. The van der Waals surface area contributed by atoms with Crippen molar-refractivity contribution in [2.75, 3.05) is 32.7 Å². The molecule has 0 aromatic heterocycles. The maximum atomic E-state index is 10.3. The molecule has 1 aliphatic heterocycles. The van der Waals surface area contributed by atoms with Crippen LogP contribution < -0.4 is 0 Å². The molecule has 3 nitrogen and oxygen atoms in total. The highest BCUT2D eigenvalue weighted by molar-refractivity contribution is 4.88. The highest BCUT2D eigenvalue weighted by atomic mass is 16.3.